The van der Waals surface area contributed by atoms with Crippen LogP contribution in [-0.4, -0.2) is 36.6 Å². The van der Waals surface area contributed by atoms with E-state index in [0.29, 0.717) is 0 Å². The molecule has 0 unspecified atom stereocenters. The molecule has 0 radical (unpaired) electrons. The molecule has 1 atom stereocenters. The Morgan fingerprint density at radius 2 is 1.87 bits per heavy atom. The summed E-state index contributed by atoms with van der Waals surface area (Å²) in [5, 5.41) is 3.33. The molecule has 0 spiro atoms. The predicted molar refractivity (Wildman–Crippen MR) is 122 cm³/mol. The molecule has 2 heterocycles. The summed E-state index contributed by atoms with van der Waals surface area (Å²) < 4.78 is 11.5. The van der Waals surface area contributed by atoms with E-state index in [1.54, 1.807) is 7.11 Å². The molecular weight excluding hydrogens is 388 g/mol. The monoisotopic (exact) mass is 422 g/mol. The van der Waals surface area contributed by atoms with E-state index in [4.69, 9.17) is 9.47 Å². The first-order chi connectivity index (χ1) is 14.8. The highest BCUT2D eigenvalue weighted by atomic mass is 16.5. The lowest BCUT2D eigenvalue weighted by Crippen LogP contribution is -2.45. The van der Waals surface area contributed by atoms with Crippen LogP contribution in [0.4, 0.5) is 0 Å². The second-order valence-corrected chi connectivity index (χ2v) is 9.57. The number of hydrogen-bond acceptors (Lipinski definition) is 4. The maximum atomic E-state index is 13.1. The highest BCUT2D eigenvalue weighted by Crippen LogP contribution is 2.41. The fourth-order valence-corrected chi connectivity index (χ4v) is 4.68. The summed E-state index contributed by atoms with van der Waals surface area (Å²) in [5.41, 5.74) is 3.32. The second kappa shape index (κ2) is 8.91. The Morgan fingerprint density at radius 3 is 2.55 bits per heavy atom. The molecule has 2 aliphatic heterocycles. The molecular formula is C26H34N2O3. The van der Waals surface area contributed by atoms with Crippen LogP contribution in [0.15, 0.2) is 42.5 Å². The zero-order chi connectivity index (χ0) is 22.0. The van der Waals surface area contributed by atoms with Gasteiger partial charge in [0.25, 0.3) is 0 Å². The number of piperidine rings is 1. The van der Waals surface area contributed by atoms with Gasteiger partial charge in [0.2, 0.25) is 5.91 Å². The van der Waals surface area contributed by atoms with E-state index in [-0.39, 0.29) is 23.5 Å². The Balaban J connectivity index is 1.36. The van der Waals surface area contributed by atoms with Crippen molar-refractivity contribution in [3.63, 3.8) is 0 Å². The van der Waals surface area contributed by atoms with Gasteiger partial charge in [-0.25, -0.2) is 0 Å². The fraction of sp³-hybridized carbons (Fsp3) is 0.500. The normalized spacial score (nSPS) is 21.1. The summed E-state index contributed by atoms with van der Waals surface area (Å²) in [6.07, 6.45) is 2.56. The van der Waals surface area contributed by atoms with Crippen LogP contribution in [0.25, 0.3) is 0 Å². The van der Waals surface area contributed by atoms with Gasteiger partial charge in [-0.05, 0) is 64.4 Å². The van der Waals surface area contributed by atoms with Gasteiger partial charge < -0.3 is 14.8 Å². The standard InChI is InChI=1S/C26H34N2O3/c1-18-5-7-19(8-6-18)17-28-13-11-20(12-14-28)25(29)27-23-16-26(2,3)31-24-15-21(30-4)9-10-22(23)24/h5-10,15,20,23H,11-14,16-17H2,1-4H3,(H,27,29)/t23-/m1/s1. The number of methoxy groups -OCH3 is 1. The van der Waals surface area contributed by atoms with Crippen LogP contribution in [0.5, 0.6) is 11.5 Å². The van der Waals surface area contributed by atoms with Gasteiger partial charge in [0.15, 0.2) is 0 Å². The van der Waals surface area contributed by atoms with E-state index >= 15 is 0 Å². The van der Waals surface area contributed by atoms with Crippen LogP contribution >= 0.6 is 0 Å². The van der Waals surface area contributed by atoms with Crippen molar-refractivity contribution in [2.45, 2.75) is 58.2 Å². The molecule has 1 saturated heterocycles. The minimum atomic E-state index is -0.339. The van der Waals surface area contributed by atoms with Crippen LogP contribution in [-0.2, 0) is 11.3 Å². The van der Waals surface area contributed by atoms with Crippen LogP contribution in [0.2, 0.25) is 0 Å². The number of aryl methyl sites for hydroxylation is 1. The molecule has 31 heavy (non-hydrogen) atoms. The van der Waals surface area contributed by atoms with Crippen molar-refractivity contribution in [3.05, 3.63) is 59.2 Å². The number of ether oxygens (including phenoxy) is 2. The molecule has 5 nitrogen and oxygen atoms in total. The average Bonchev–Trinajstić information content (AvgIpc) is 2.74. The van der Waals surface area contributed by atoms with Gasteiger partial charge in [-0.1, -0.05) is 29.8 Å². The van der Waals surface area contributed by atoms with Crippen molar-refractivity contribution in [1.29, 1.82) is 0 Å². The minimum absolute atomic E-state index is 0.0391. The van der Waals surface area contributed by atoms with Crippen LogP contribution in [0.3, 0.4) is 0 Å². The van der Waals surface area contributed by atoms with E-state index in [2.05, 4.69) is 55.3 Å². The number of rotatable bonds is 5. The SMILES string of the molecule is COc1ccc2c(c1)OC(C)(C)C[C@H]2NC(=O)C1CCN(Cc2ccc(C)cc2)CC1. The molecule has 2 aromatic rings. The molecule has 1 amide bonds. The number of benzene rings is 2. The van der Waals surface area contributed by atoms with E-state index in [1.807, 2.05) is 18.2 Å². The van der Waals surface area contributed by atoms with Crippen molar-refractivity contribution in [1.82, 2.24) is 10.2 Å². The molecule has 166 valence electrons. The zero-order valence-electron chi connectivity index (χ0n) is 19.1. The average molecular weight is 423 g/mol. The number of nitrogens with one attached hydrogen (secondary N) is 1. The molecule has 1 N–H and O–H groups in total. The summed E-state index contributed by atoms with van der Waals surface area (Å²) >= 11 is 0. The summed E-state index contributed by atoms with van der Waals surface area (Å²) in [6.45, 7) is 9.12. The third-order valence-corrected chi connectivity index (χ3v) is 6.48. The highest BCUT2D eigenvalue weighted by Gasteiger charge is 2.36. The summed E-state index contributed by atoms with van der Waals surface area (Å²) in [4.78, 5) is 15.6. The molecule has 0 saturated carbocycles. The molecule has 5 heteroatoms. The number of carbonyl (C=O) groups is 1. The highest BCUT2D eigenvalue weighted by molar-refractivity contribution is 5.79. The summed E-state index contributed by atoms with van der Waals surface area (Å²) in [6, 6.07) is 14.6. The Hall–Kier alpha value is -2.53. The maximum Gasteiger partial charge on any atom is 0.223 e. The van der Waals surface area contributed by atoms with Crippen LogP contribution < -0.4 is 14.8 Å². The van der Waals surface area contributed by atoms with Crippen molar-refractivity contribution in [2.75, 3.05) is 20.2 Å². The Labute approximate surface area is 185 Å². The Bertz CT molecular complexity index is 915. The Morgan fingerprint density at radius 1 is 1.16 bits per heavy atom. The quantitative estimate of drug-likeness (QED) is 0.763. The minimum Gasteiger partial charge on any atom is -0.497 e. The number of likely N-dealkylation sites (tertiary alicyclic amines) is 1. The number of fused-ring (bicyclic) bond motifs is 1. The number of nitrogens with zero attached hydrogens (tertiary/aromatic N) is 1. The first kappa shape index (κ1) is 21.7. The van der Waals surface area contributed by atoms with Gasteiger partial charge in [0, 0.05) is 30.5 Å². The maximum absolute atomic E-state index is 13.1. The summed E-state index contributed by atoms with van der Waals surface area (Å²) in [7, 11) is 1.65. The third kappa shape index (κ3) is 5.21. The molecule has 4 rings (SSSR count). The lowest BCUT2D eigenvalue weighted by molar-refractivity contribution is -0.127. The van der Waals surface area contributed by atoms with Gasteiger partial charge in [-0.2, -0.15) is 0 Å². The molecule has 2 aliphatic rings. The van der Waals surface area contributed by atoms with Gasteiger partial charge in [-0.15, -0.1) is 0 Å². The van der Waals surface area contributed by atoms with E-state index < -0.39 is 0 Å². The van der Waals surface area contributed by atoms with Gasteiger partial charge in [-0.3, -0.25) is 9.69 Å². The Kier molecular flexibility index (Phi) is 6.24. The fourth-order valence-electron chi connectivity index (χ4n) is 4.68. The van der Waals surface area contributed by atoms with Crippen molar-refractivity contribution in [2.24, 2.45) is 5.92 Å². The largest absolute Gasteiger partial charge is 0.497 e. The lowest BCUT2D eigenvalue weighted by Gasteiger charge is -2.39. The topological polar surface area (TPSA) is 50.8 Å². The van der Waals surface area contributed by atoms with Gasteiger partial charge in [0.05, 0.1) is 13.2 Å². The van der Waals surface area contributed by atoms with Crippen LogP contribution in [0, 0.1) is 12.8 Å². The number of amides is 1. The van der Waals surface area contributed by atoms with Crippen molar-refractivity contribution >= 4 is 5.91 Å². The van der Waals surface area contributed by atoms with E-state index in [9.17, 15) is 4.79 Å². The first-order valence-electron chi connectivity index (χ1n) is 11.3. The van der Waals surface area contributed by atoms with Gasteiger partial charge >= 0.3 is 0 Å². The first-order valence-corrected chi connectivity index (χ1v) is 11.3. The van der Waals surface area contributed by atoms with Gasteiger partial charge in [0.1, 0.15) is 17.1 Å². The van der Waals surface area contributed by atoms with E-state index in [1.165, 1.54) is 11.1 Å². The molecule has 0 aromatic heterocycles. The zero-order valence-corrected chi connectivity index (χ0v) is 19.1. The molecule has 0 bridgehead atoms. The molecule has 2 aromatic carbocycles. The summed E-state index contributed by atoms with van der Waals surface area (Å²) in [5.74, 6) is 1.80. The van der Waals surface area contributed by atoms with Crippen LogP contribution in [0.1, 0.15) is 55.8 Å². The molecule has 0 aliphatic carbocycles. The second-order valence-electron chi connectivity index (χ2n) is 9.57. The lowest BCUT2D eigenvalue weighted by atomic mass is 9.88. The van der Waals surface area contributed by atoms with Crippen molar-refractivity contribution in [3.8, 4) is 11.5 Å². The molecule has 1 fully saturated rings. The number of carbonyl (C=O) groups excluding carboxylic acids is 1. The number of hydrogen-bond donors (Lipinski definition) is 1. The van der Waals surface area contributed by atoms with E-state index in [0.717, 1.165) is 56.0 Å². The van der Waals surface area contributed by atoms with Crippen molar-refractivity contribution < 1.29 is 14.3 Å². The predicted octanol–water partition coefficient (Wildman–Crippen LogP) is 4.63. The third-order valence-electron chi connectivity index (χ3n) is 6.48. The smallest absolute Gasteiger partial charge is 0.223 e.